The van der Waals surface area contributed by atoms with Gasteiger partial charge in [-0.3, -0.25) is 4.90 Å². The van der Waals surface area contributed by atoms with Gasteiger partial charge in [-0.25, -0.2) is 4.98 Å². The van der Waals surface area contributed by atoms with E-state index >= 15 is 0 Å². The number of rotatable bonds is 3. The van der Waals surface area contributed by atoms with Crippen molar-refractivity contribution in [2.45, 2.75) is 32.4 Å². The van der Waals surface area contributed by atoms with E-state index in [1.165, 1.54) is 6.42 Å². The molecule has 0 radical (unpaired) electrons. The molecule has 2 heterocycles. The molecular weight excluding hydrogens is 224 g/mol. The van der Waals surface area contributed by atoms with Crippen molar-refractivity contribution in [2.24, 2.45) is 5.73 Å². The van der Waals surface area contributed by atoms with Crippen LogP contribution in [0, 0.1) is 0 Å². The maximum Gasteiger partial charge on any atom is 0.128 e. The first-order chi connectivity index (χ1) is 8.61. The Kier molecular flexibility index (Phi) is 4.19. The van der Waals surface area contributed by atoms with E-state index in [4.69, 9.17) is 5.73 Å². The SMILES string of the molecule is CCC1CN(c2cc([C@@H](C)N)ccn2)CCN1C. The molecule has 2 atom stereocenters. The number of likely N-dealkylation sites (N-methyl/N-ethyl adjacent to an activating group) is 1. The zero-order chi connectivity index (χ0) is 13.1. The summed E-state index contributed by atoms with van der Waals surface area (Å²) in [4.78, 5) is 9.30. The Hall–Kier alpha value is -1.13. The lowest BCUT2D eigenvalue weighted by Gasteiger charge is -2.39. The molecular formula is C14H24N4. The highest BCUT2D eigenvalue weighted by Gasteiger charge is 2.23. The molecule has 0 saturated carbocycles. The monoisotopic (exact) mass is 248 g/mol. The van der Waals surface area contributed by atoms with E-state index in [-0.39, 0.29) is 6.04 Å². The van der Waals surface area contributed by atoms with E-state index in [0.717, 1.165) is 31.0 Å². The maximum absolute atomic E-state index is 5.93. The number of anilines is 1. The molecule has 0 amide bonds. The van der Waals surface area contributed by atoms with Gasteiger partial charge in [-0.1, -0.05) is 6.92 Å². The van der Waals surface area contributed by atoms with E-state index in [1.807, 2.05) is 19.2 Å². The van der Waals surface area contributed by atoms with Crippen LogP contribution in [0.3, 0.4) is 0 Å². The fraction of sp³-hybridized carbons (Fsp3) is 0.643. The third-order valence-corrected chi connectivity index (χ3v) is 3.87. The number of pyridine rings is 1. The van der Waals surface area contributed by atoms with Crippen LogP contribution in [-0.4, -0.2) is 42.6 Å². The lowest BCUT2D eigenvalue weighted by molar-refractivity contribution is 0.213. The van der Waals surface area contributed by atoms with E-state index < -0.39 is 0 Å². The summed E-state index contributed by atoms with van der Waals surface area (Å²) in [6, 6.07) is 4.82. The Labute approximate surface area is 110 Å². The summed E-state index contributed by atoms with van der Waals surface area (Å²) in [5.41, 5.74) is 7.09. The predicted octanol–water partition coefficient (Wildman–Crippen LogP) is 1.63. The van der Waals surface area contributed by atoms with Gasteiger partial charge in [0.1, 0.15) is 5.82 Å². The van der Waals surface area contributed by atoms with E-state index in [2.05, 4.69) is 34.8 Å². The second kappa shape index (κ2) is 5.67. The minimum absolute atomic E-state index is 0.0705. The van der Waals surface area contributed by atoms with Gasteiger partial charge in [-0.2, -0.15) is 0 Å². The largest absolute Gasteiger partial charge is 0.354 e. The molecule has 1 unspecified atom stereocenters. The van der Waals surface area contributed by atoms with Gasteiger partial charge in [0.2, 0.25) is 0 Å². The van der Waals surface area contributed by atoms with Crippen LogP contribution in [0.2, 0.25) is 0 Å². The van der Waals surface area contributed by atoms with Gasteiger partial charge in [0.15, 0.2) is 0 Å². The average Bonchev–Trinajstić information content (AvgIpc) is 2.39. The Morgan fingerprint density at radius 1 is 1.50 bits per heavy atom. The molecule has 0 spiro atoms. The number of hydrogen-bond acceptors (Lipinski definition) is 4. The van der Waals surface area contributed by atoms with E-state index in [0.29, 0.717) is 6.04 Å². The highest BCUT2D eigenvalue weighted by atomic mass is 15.3. The van der Waals surface area contributed by atoms with Crippen molar-refractivity contribution in [3.8, 4) is 0 Å². The molecule has 0 bridgehead atoms. The van der Waals surface area contributed by atoms with E-state index in [9.17, 15) is 0 Å². The molecule has 0 aromatic carbocycles. The van der Waals surface area contributed by atoms with Crippen molar-refractivity contribution < 1.29 is 0 Å². The lowest BCUT2D eigenvalue weighted by atomic mass is 10.1. The Morgan fingerprint density at radius 3 is 2.94 bits per heavy atom. The normalized spacial score (nSPS) is 23.1. The molecule has 1 aliphatic heterocycles. The second-order valence-corrected chi connectivity index (χ2v) is 5.22. The van der Waals surface area contributed by atoms with Crippen LogP contribution in [0.1, 0.15) is 31.9 Å². The highest BCUT2D eigenvalue weighted by molar-refractivity contribution is 5.42. The van der Waals surface area contributed by atoms with Crippen LogP contribution in [0.4, 0.5) is 5.82 Å². The molecule has 0 aliphatic carbocycles. The van der Waals surface area contributed by atoms with Crippen molar-refractivity contribution in [1.82, 2.24) is 9.88 Å². The third kappa shape index (κ3) is 2.82. The molecule has 1 aromatic rings. The summed E-state index contributed by atoms with van der Waals surface area (Å²) in [6.07, 6.45) is 3.05. The molecule has 2 rings (SSSR count). The van der Waals surface area contributed by atoms with Crippen molar-refractivity contribution >= 4 is 5.82 Å². The molecule has 4 heteroatoms. The Balaban J connectivity index is 2.14. The minimum atomic E-state index is 0.0705. The van der Waals surface area contributed by atoms with Gasteiger partial charge in [-0.05, 0) is 38.1 Å². The fourth-order valence-corrected chi connectivity index (χ4v) is 2.49. The highest BCUT2D eigenvalue weighted by Crippen LogP contribution is 2.20. The number of hydrogen-bond donors (Lipinski definition) is 1. The molecule has 2 N–H and O–H groups in total. The van der Waals surface area contributed by atoms with Crippen LogP contribution in [0.15, 0.2) is 18.3 Å². The topological polar surface area (TPSA) is 45.4 Å². The molecule has 1 aliphatic rings. The van der Waals surface area contributed by atoms with Gasteiger partial charge in [0.05, 0.1) is 0 Å². The predicted molar refractivity (Wildman–Crippen MR) is 75.8 cm³/mol. The number of aromatic nitrogens is 1. The standard InChI is InChI=1S/C14H24N4/c1-4-13-10-18(8-7-17(13)3)14-9-12(11(2)15)5-6-16-14/h5-6,9,11,13H,4,7-8,10,15H2,1-3H3/t11-,13?/m1/s1. The van der Waals surface area contributed by atoms with Gasteiger partial charge in [-0.15, -0.1) is 0 Å². The third-order valence-electron chi connectivity index (χ3n) is 3.87. The molecule has 4 nitrogen and oxygen atoms in total. The molecule has 1 saturated heterocycles. The summed E-state index contributed by atoms with van der Waals surface area (Å²) in [5, 5.41) is 0. The van der Waals surface area contributed by atoms with Crippen molar-refractivity contribution in [2.75, 3.05) is 31.6 Å². The Bertz CT molecular complexity index is 391. The molecule has 1 fully saturated rings. The molecule has 18 heavy (non-hydrogen) atoms. The van der Waals surface area contributed by atoms with Crippen LogP contribution in [0.25, 0.3) is 0 Å². The number of nitrogens with zero attached hydrogens (tertiary/aromatic N) is 3. The Morgan fingerprint density at radius 2 is 2.28 bits per heavy atom. The maximum atomic E-state index is 5.93. The quantitative estimate of drug-likeness (QED) is 0.883. The first-order valence-corrected chi connectivity index (χ1v) is 6.78. The van der Waals surface area contributed by atoms with Gasteiger partial charge in [0, 0.05) is 37.9 Å². The van der Waals surface area contributed by atoms with Crippen molar-refractivity contribution in [1.29, 1.82) is 0 Å². The fourth-order valence-electron chi connectivity index (χ4n) is 2.49. The summed E-state index contributed by atoms with van der Waals surface area (Å²) >= 11 is 0. The first kappa shape index (κ1) is 13.3. The van der Waals surface area contributed by atoms with Gasteiger partial charge in [0.25, 0.3) is 0 Å². The number of nitrogens with two attached hydrogens (primary N) is 1. The van der Waals surface area contributed by atoms with Crippen LogP contribution in [0.5, 0.6) is 0 Å². The van der Waals surface area contributed by atoms with E-state index in [1.54, 1.807) is 0 Å². The van der Waals surface area contributed by atoms with Crippen LogP contribution < -0.4 is 10.6 Å². The molecule has 1 aromatic heterocycles. The second-order valence-electron chi connectivity index (χ2n) is 5.22. The van der Waals surface area contributed by atoms with Gasteiger partial charge < -0.3 is 10.6 Å². The zero-order valence-electron chi connectivity index (χ0n) is 11.6. The summed E-state index contributed by atoms with van der Waals surface area (Å²) in [7, 11) is 2.21. The summed E-state index contributed by atoms with van der Waals surface area (Å²) in [5.74, 6) is 1.07. The van der Waals surface area contributed by atoms with Crippen molar-refractivity contribution in [3.05, 3.63) is 23.9 Å². The minimum Gasteiger partial charge on any atom is -0.354 e. The smallest absolute Gasteiger partial charge is 0.128 e. The zero-order valence-corrected chi connectivity index (χ0v) is 11.6. The van der Waals surface area contributed by atoms with Crippen LogP contribution in [-0.2, 0) is 0 Å². The van der Waals surface area contributed by atoms with Crippen LogP contribution >= 0.6 is 0 Å². The summed E-state index contributed by atoms with van der Waals surface area (Å²) in [6.45, 7) is 7.46. The lowest BCUT2D eigenvalue weighted by Crippen LogP contribution is -2.51. The molecule has 100 valence electrons. The van der Waals surface area contributed by atoms with Gasteiger partial charge >= 0.3 is 0 Å². The number of piperazine rings is 1. The first-order valence-electron chi connectivity index (χ1n) is 6.78. The summed E-state index contributed by atoms with van der Waals surface area (Å²) < 4.78 is 0. The van der Waals surface area contributed by atoms with Crippen molar-refractivity contribution in [3.63, 3.8) is 0 Å². The average molecular weight is 248 g/mol.